The quantitative estimate of drug-likeness (QED) is 0.0664. The normalized spacial score (nSPS) is 16.5. The summed E-state index contributed by atoms with van der Waals surface area (Å²) in [5.41, 5.74) is 0.198. The molecule has 0 rings (SSSR count). The lowest BCUT2D eigenvalue weighted by molar-refractivity contribution is -0.274. The van der Waals surface area contributed by atoms with Crippen molar-refractivity contribution in [1.29, 1.82) is 0 Å². The zero-order chi connectivity index (χ0) is 23.5. The molecule has 2 unspecified atom stereocenters. The first kappa shape index (κ1) is 30.5. The van der Waals surface area contributed by atoms with Crippen molar-refractivity contribution in [3.8, 4) is 0 Å². The molecule has 0 fully saturated rings. The van der Waals surface area contributed by atoms with Crippen molar-refractivity contribution in [2.24, 2.45) is 0 Å². The Bertz CT molecular complexity index is 449. The maximum absolute atomic E-state index is 6.80. The predicted molar refractivity (Wildman–Crippen MR) is 135 cm³/mol. The lowest BCUT2D eigenvalue weighted by Gasteiger charge is -2.45. The minimum atomic E-state index is -2.61. The van der Waals surface area contributed by atoms with Crippen LogP contribution in [0.25, 0.3) is 0 Å². The van der Waals surface area contributed by atoms with Crippen LogP contribution in [0, 0.1) is 0 Å². The lowest BCUT2D eigenvalue weighted by atomic mass is 10.1. The van der Waals surface area contributed by atoms with Crippen LogP contribution in [0.4, 0.5) is 0 Å². The number of hydrogen-bond donors (Lipinski definition) is 0. The van der Waals surface area contributed by atoms with E-state index in [-0.39, 0.29) is 5.54 Å². The van der Waals surface area contributed by atoms with Crippen LogP contribution in [-0.4, -0.2) is 44.7 Å². The highest BCUT2D eigenvalue weighted by molar-refractivity contribution is 6.82. The van der Waals surface area contributed by atoms with Crippen LogP contribution in [0.15, 0.2) is 0 Å². The molecule has 0 N–H and O–H groups in total. The Labute approximate surface area is 191 Å². The predicted octanol–water partition coefficient (Wildman–Crippen LogP) is 7.60. The molecule has 5 nitrogen and oxygen atoms in total. The molecular formula is C22H52O5Si3. The first-order valence-corrected chi connectivity index (χ1v) is 21.1. The molecule has 0 aromatic heterocycles. The minimum absolute atomic E-state index is 0.198. The average molecular weight is 481 g/mol. The van der Waals surface area contributed by atoms with E-state index in [2.05, 4.69) is 52.8 Å². The Kier molecular flexibility index (Phi) is 14.1. The molecule has 8 heteroatoms. The van der Waals surface area contributed by atoms with Crippen LogP contribution < -0.4 is 0 Å². The molecule has 0 heterocycles. The lowest BCUT2D eigenvalue weighted by Crippen LogP contribution is -2.57. The maximum atomic E-state index is 6.80. The summed E-state index contributed by atoms with van der Waals surface area (Å²) in [7, 11) is -4.63. The third-order valence-electron chi connectivity index (χ3n) is 4.79. The highest BCUT2D eigenvalue weighted by atomic mass is 28.4. The Balaban J connectivity index is 5.30. The van der Waals surface area contributed by atoms with Gasteiger partial charge in [-0.1, -0.05) is 51.9 Å². The summed E-state index contributed by atoms with van der Waals surface area (Å²) in [5.74, 6) is -0.670. The molecule has 0 amide bonds. The average Bonchev–Trinajstić information content (AvgIpc) is 2.51. The van der Waals surface area contributed by atoms with Crippen molar-refractivity contribution in [2.75, 3.05) is 13.7 Å². The molecule has 0 aliphatic heterocycles. The van der Waals surface area contributed by atoms with Gasteiger partial charge in [-0.25, -0.2) is 9.78 Å². The van der Waals surface area contributed by atoms with E-state index >= 15 is 0 Å². The van der Waals surface area contributed by atoms with E-state index in [0.717, 1.165) is 6.42 Å². The monoisotopic (exact) mass is 480 g/mol. The second-order valence-electron chi connectivity index (χ2n) is 11.0. The van der Waals surface area contributed by atoms with Crippen LogP contribution in [0.2, 0.25) is 51.4 Å². The third kappa shape index (κ3) is 15.3. The molecule has 0 saturated carbocycles. The Hall–Kier alpha value is 0.451. The molecule has 0 saturated heterocycles. The molecule has 0 radical (unpaired) electrons. The fourth-order valence-electron chi connectivity index (χ4n) is 4.04. The smallest absolute Gasteiger partial charge is 0.332 e. The maximum Gasteiger partial charge on any atom is 0.332 e. The second-order valence-corrected chi connectivity index (χ2v) is 23.5. The number of rotatable bonds is 18. The first-order chi connectivity index (χ1) is 13.6. The van der Waals surface area contributed by atoms with Crippen molar-refractivity contribution < 1.29 is 22.7 Å². The fraction of sp³-hybridized carbons (Fsp3) is 1.00. The molecule has 0 aromatic carbocycles. The summed E-state index contributed by atoms with van der Waals surface area (Å²) in [6.07, 6.45) is 10.1. The summed E-state index contributed by atoms with van der Waals surface area (Å²) in [5, 5.41) is 0. The summed E-state index contributed by atoms with van der Waals surface area (Å²) >= 11 is 0. The van der Waals surface area contributed by atoms with Gasteiger partial charge in [-0.05, 0) is 66.1 Å². The van der Waals surface area contributed by atoms with Crippen LogP contribution in [-0.2, 0) is 22.7 Å². The topological polar surface area (TPSA) is 46.2 Å². The van der Waals surface area contributed by atoms with Gasteiger partial charge in [0.05, 0.1) is 13.7 Å². The molecule has 0 aliphatic carbocycles. The standard InChI is InChI=1S/C22H52O5Si3/c1-12-13-14-15-16-17-18-19-21(20-24-23-4)30(11,27-29(8,9)10)26-22(2,3)25-28(5,6)7/h21H,12-20H2,1-11H3. The van der Waals surface area contributed by atoms with Gasteiger partial charge in [0.25, 0.3) is 0 Å². The Morgan fingerprint density at radius 1 is 0.733 bits per heavy atom. The van der Waals surface area contributed by atoms with Crippen molar-refractivity contribution in [3.05, 3.63) is 0 Å². The Morgan fingerprint density at radius 3 is 1.73 bits per heavy atom. The number of hydrogen-bond acceptors (Lipinski definition) is 5. The van der Waals surface area contributed by atoms with Crippen LogP contribution in [0.5, 0.6) is 0 Å². The van der Waals surface area contributed by atoms with E-state index in [1.165, 1.54) is 44.9 Å². The van der Waals surface area contributed by atoms with Gasteiger partial charge < -0.3 is 13.0 Å². The summed E-state index contributed by atoms with van der Waals surface area (Å²) in [4.78, 5) is 10.4. The van der Waals surface area contributed by atoms with E-state index < -0.39 is 31.0 Å². The second kappa shape index (κ2) is 13.9. The minimum Gasteiger partial charge on any atom is -0.436 e. The summed E-state index contributed by atoms with van der Waals surface area (Å²) in [6, 6.07) is 0. The van der Waals surface area contributed by atoms with Crippen molar-refractivity contribution >= 4 is 25.2 Å². The summed E-state index contributed by atoms with van der Waals surface area (Å²) < 4.78 is 20.0. The van der Waals surface area contributed by atoms with Gasteiger partial charge in [-0.3, -0.25) is 0 Å². The van der Waals surface area contributed by atoms with Crippen molar-refractivity contribution in [3.63, 3.8) is 0 Å². The van der Waals surface area contributed by atoms with Crippen LogP contribution in [0.3, 0.4) is 0 Å². The molecule has 0 bridgehead atoms. The molecule has 0 aromatic rings. The first-order valence-electron chi connectivity index (χ1n) is 11.9. The van der Waals surface area contributed by atoms with E-state index in [0.29, 0.717) is 6.61 Å². The highest BCUT2D eigenvalue weighted by Crippen LogP contribution is 2.37. The van der Waals surface area contributed by atoms with Gasteiger partial charge >= 0.3 is 8.56 Å². The van der Waals surface area contributed by atoms with E-state index in [4.69, 9.17) is 22.7 Å². The Morgan fingerprint density at radius 2 is 1.27 bits per heavy atom. The van der Waals surface area contributed by atoms with E-state index in [9.17, 15) is 0 Å². The zero-order valence-electron chi connectivity index (χ0n) is 22.0. The third-order valence-corrected chi connectivity index (χ3v) is 12.8. The van der Waals surface area contributed by atoms with Gasteiger partial charge in [0.15, 0.2) is 16.6 Å². The van der Waals surface area contributed by atoms with Crippen molar-refractivity contribution in [2.45, 2.75) is 129 Å². The van der Waals surface area contributed by atoms with Gasteiger partial charge in [-0.2, -0.15) is 0 Å². The highest BCUT2D eigenvalue weighted by Gasteiger charge is 2.48. The van der Waals surface area contributed by atoms with Gasteiger partial charge in [0, 0.05) is 5.54 Å². The van der Waals surface area contributed by atoms with Crippen LogP contribution in [0.1, 0.15) is 72.1 Å². The van der Waals surface area contributed by atoms with Crippen molar-refractivity contribution in [1.82, 2.24) is 0 Å². The molecule has 182 valence electrons. The molecule has 0 aliphatic rings. The number of unbranched alkanes of at least 4 members (excludes halogenated alkanes) is 6. The van der Waals surface area contributed by atoms with Gasteiger partial charge in [-0.15, -0.1) is 0 Å². The van der Waals surface area contributed by atoms with Crippen LogP contribution >= 0.6 is 0 Å². The molecule has 0 spiro atoms. The SMILES string of the molecule is CCCCCCCCCC(COOC)[Si](C)(OC(C)(C)O[Si](C)(C)C)O[Si](C)(C)C. The molecule has 2 atom stereocenters. The van der Waals surface area contributed by atoms with E-state index in [1.54, 1.807) is 7.11 Å². The fourth-order valence-corrected chi connectivity index (χ4v) is 13.6. The zero-order valence-corrected chi connectivity index (χ0v) is 25.0. The largest absolute Gasteiger partial charge is 0.436 e. The van der Waals surface area contributed by atoms with E-state index in [1.807, 2.05) is 13.8 Å². The molecular weight excluding hydrogens is 428 g/mol. The van der Waals surface area contributed by atoms with Gasteiger partial charge in [0.2, 0.25) is 0 Å². The van der Waals surface area contributed by atoms with Gasteiger partial charge in [0.1, 0.15) is 5.79 Å². The summed E-state index contributed by atoms with van der Waals surface area (Å²) in [6.45, 7) is 22.3. The molecule has 30 heavy (non-hydrogen) atoms.